The molecular weight excluding hydrogens is 300 g/mol. The number of fused-ring (bicyclic) bond motifs is 1. The Labute approximate surface area is 144 Å². The van der Waals surface area contributed by atoms with Gasteiger partial charge >= 0.3 is 0 Å². The van der Waals surface area contributed by atoms with E-state index in [-0.39, 0.29) is 5.91 Å². The number of nitrogens with zero attached hydrogens (tertiary/aromatic N) is 2. The summed E-state index contributed by atoms with van der Waals surface area (Å²) in [4.78, 5) is 14.4. The highest BCUT2D eigenvalue weighted by molar-refractivity contribution is 5.93. The first-order valence-electron chi connectivity index (χ1n) is 9.12. The van der Waals surface area contributed by atoms with Crippen molar-refractivity contribution in [2.24, 2.45) is 5.41 Å². The first-order chi connectivity index (χ1) is 11.4. The molecule has 1 aromatic rings. The highest BCUT2D eigenvalue weighted by Gasteiger charge is 2.29. The zero-order chi connectivity index (χ0) is 17.3. The molecule has 0 bridgehead atoms. The predicted molar refractivity (Wildman–Crippen MR) is 95.9 cm³/mol. The van der Waals surface area contributed by atoms with Crippen LogP contribution in [0.25, 0.3) is 0 Å². The summed E-state index contributed by atoms with van der Waals surface area (Å²) in [5, 5.41) is 9.94. The minimum atomic E-state index is -0.0960. The second-order valence-electron chi connectivity index (χ2n) is 7.88. The lowest BCUT2D eigenvalue weighted by Crippen LogP contribution is -2.34. The number of allylic oxidation sites excluding steroid dienone is 1. The number of hydrogen-bond donors (Lipinski definition) is 2. The summed E-state index contributed by atoms with van der Waals surface area (Å²) in [6.45, 7) is 10.0. The van der Waals surface area contributed by atoms with E-state index < -0.39 is 0 Å². The molecule has 1 amide bonds. The molecule has 2 N–H and O–H groups in total. The molecule has 3 rings (SSSR count). The normalized spacial score (nSPS) is 20.8. The Morgan fingerprint density at radius 3 is 2.88 bits per heavy atom. The van der Waals surface area contributed by atoms with Gasteiger partial charge in [-0.3, -0.25) is 14.8 Å². The maximum absolute atomic E-state index is 12.0. The molecule has 0 radical (unpaired) electrons. The molecule has 0 spiro atoms. The topological polar surface area (TPSA) is 61.0 Å². The first kappa shape index (κ1) is 17.2. The van der Waals surface area contributed by atoms with Crippen LogP contribution in [-0.4, -0.2) is 41.1 Å². The third-order valence-electron chi connectivity index (χ3n) is 5.82. The molecule has 132 valence electrons. The van der Waals surface area contributed by atoms with Crippen LogP contribution in [0.15, 0.2) is 11.1 Å². The number of H-pyrrole nitrogens is 1. The fourth-order valence-corrected chi connectivity index (χ4v) is 4.34. The van der Waals surface area contributed by atoms with E-state index in [1.165, 1.54) is 19.3 Å². The van der Waals surface area contributed by atoms with Crippen LogP contribution in [0, 0.1) is 5.41 Å². The molecule has 1 aliphatic carbocycles. The van der Waals surface area contributed by atoms with E-state index in [1.807, 2.05) is 0 Å². The van der Waals surface area contributed by atoms with Crippen molar-refractivity contribution in [3.05, 3.63) is 28.1 Å². The number of nitrogens with one attached hydrogen (secondary N) is 2. The van der Waals surface area contributed by atoms with Crippen LogP contribution < -0.4 is 5.32 Å². The third-order valence-corrected chi connectivity index (χ3v) is 5.82. The van der Waals surface area contributed by atoms with Gasteiger partial charge in [0.1, 0.15) is 0 Å². The van der Waals surface area contributed by atoms with Crippen molar-refractivity contribution < 1.29 is 4.79 Å². The van der Waals surface area contributed by atoms with Gasteiger partial charge in [0, 0.05) is 44.4 Å². The van der Waals surface area contributed by atoms with Crippen LogP contribution in [0.3, 0.4) is 0 Å². The summed E-state index contributed by atoms with van der Waals surface area (Å²) in [6.07, 6.45) is 5.96. The van der Waals surface area contributed by atoms with Crippen molar-refractivity contribution in [3.8, 4) is 0 Å². The molecule has 5 heteroatoms. The fourth-order valence-electron chi connectivity index (χ4n) is 4.34. The molecule has 0 saturated carbocycles. The Morgan fingerprint density at radius 2 is 2.17 bits per heavy atom. The van der Waals surface area contributed by atoms with Gasteiger partial charge in [0.25, 0.3) is 5.91 Å². The van der Waals surface area contributed by atoms with Crippen LogP contribution in [0.2, 0.25) is 0 Å². The maximum Gasteiger partial charge on any atom is 0.271 e. The van der Waals surface area contributed by atoms with Gasteiger partial charge in [0.05, 0.1) is 0 Å². The summed E-state index contributed by atoms with van der Waals surface area (Å²) >= 11 is 0. The van der Waals surface area contributed by atoms with Gasteiger partial charge in [-0.2, -0.15) is 5.10 Å². The molecule has 5 nitrogen and oxygen atoms in total. The molecule has 2 heterocycles. The minimum Gasteiger partial charge on any atom is -0.354 e. The van der Waals surface area contributed by atoms with Crippen LogP contribution in [0.4, 0.5) is 0 Å². The Balaban J connectivity index is 1.68. The van der Waals surface area contributed by atoms with Crippen molar-refractivity contribution in [3.63, 3.8) is 0 Å². The third kappa shape index (κ3) is 3.27. The molecule has 24 heavy (non-hydrogen) atoms. The van der Waals surface area contributed by atoms with Crippen molar-refractivity contribution in [1.82, 2.24) is 20.4 Å². The number of hydrogen-bond acceptors (Lipinski definition) is 3. The zero-order valence-electron chi connectivity index (χ0n) is 15.5. The zero-order valence-corrected chi connectivity index (χ0v) is 15.5. The SMILES string of the molecule is CNC(=O)c1n[nH]c2c1CN(CCC1=C(C)CCCC1(C)C)CC2. The molecule has 0 saturated heterocycles. The molecule has 1 aromatic heterocycles. The summed E-state index contributed by atoms with van der Waals surface area (Å²) in [5.41, 5.74) is 6.35. The van der Waals surface area contributed by atoms with E-state index in [0.29, 0.717) is 11.1 Å². The van der Waals surface area contributed by atoms with E-state index in [0.717, 1.165) is 43.7 Å². The maximum atomic E-state index is 12.0. The van der Waals surface area contributed by atoms with E-state index in [1.54, 1.807) is 18.2 Å². The first-order valence-corrected chi connectivity index (χ1v) is 9.12. The number of aromatic nitrogens is 2. The number of carbonyl (C=O) groups excluding carboxylic acids is 1. The molecule has 0 aromatic carbocycles. The monoisotopic (exact) mass is 330 g/mol. The minimum absolute atomic E-state index is 0.0960. The van der Waals surface area contributed by atoms with E-state index >= 15 is 0 Å². The molecule has 0 fully saturated rings. The van der Waals surface area contributed by atoms with Crippen LogP contribution >= 0.6 is 0 Å². The number of amides is 1. The van der Waals surface area contributed by atoms with Crippen molar-refractivity contribution in [1.29, 1.82) is 0 Å². The van der Waals surface area contributed by atoms with Gasteiger partial charge in [-0.05, 0) is 38.0 Å². The highest BCUT2D eigenvalue weighted by Crippen LogP contribution is 2.41. The van der Waals surface area contributed by atoms with Gasteiger partial charge in [0.15, 0.2) is 5.69 Å². The Kier molecular flexibility index (Phi) is 4.81. The number of rotatable bonds is 4. The predicted octanol–water partition coefficient (Wildman–Crippen LogP) is 3.04. The van der Waals surface area contributed by atoms with Gasteiger partial charge < -0.3 is 5.32 Å². The van der Waals surface area contributed by atoms with E-state index in [9.17, 15) is 4.79 Å². The number of aromatic amines is 1. The lowest BCUT2D eigenvalue weighted by Gasteiger charge is -2.36. The molecule has 0 atom stereocenters. The summed E-state index contributed by atoms with van der Waals surface area (Å²) < 4.78 is 0. The summed E-state index contributed by atoms with van der Waals surface area (Å²) in [5.74, 6) is -0.0960. The second kappa shape index (κ2) is 6.71. The molecule has 0 unspecified atom stereocenters. The molecule has 2 aliphatic rings. The quantitative estimate of drug-likeness (QED) is 0.834. The molecule has 1 aliphatic heterocycles. The second-order valence-corrected chi connectivity index (χ2v) is 7.88. The number of carbonyl (C=O) groups is 1. The largest absolute Gasteiger partial charge is 0.354 e. The van der Waals surface area contributed by atoms with Gasteiger partial charge in [-0.1, -0.05) is 25.0 Å². The fraction of sp³-hybridized carbons (Fsp3) is 0.684. The smallest absolute Gasteiger partial charge is 0.271 e. The summed E-state index contributed by atoms with van der Waals surface area (Å²) in [6, 6.07) is 0. The van der Waals surface area contributed by atoms with E-state index in [4.69, 9.17) is 0 Å². The van der Waals surface area contributed by atoms with Gasteiger partial charge in [0.2, 0.25) is 0 Å². The lowest BCUT2D eigenvalue weighted by molar-refractivity contribution is 0.0955. The average Bonchev–Trinajstić information content (AvgIpc) is 2.96. The molecular formula is C19H30N4O. The summed E-state index contributed by atoms with van der Waals surface area (Å²) in [7, 11) is 1.66. The van der Waals surface area contributed by atoms with Crippen LogP contribution in [-0.2, 0) is 13.0 Å². The highest BCUT2D eigenvalue weighted by atomic mass is 16.1. The standard InChI is InChI=1S/C19H30N4O/c1-13-6-5-9-19(2,3)15(13)7-10-23-11-8-16-14(12-23)17(22-21-16)18(24)20-4/h5-12H2,1-4H3,(H,20,24)(H,21,22). The van der Waals surface area contributed by atoms with Crippen LogP contribution in [0.5, 0.6) is 0 Å². The average molecular weight is 330 g/mol. The van der Waals surface area contributed by atoms with Gasteiger partial charge in [-0.25, -0.2) is 0 Å². The Morgan fingerprint density at radius 1 is 1.38 bits per heavy atom. The van der Waals surface area contributed by atoms with Crippen molar-refractivity contribution in [2.75, 3.05) is 20.1 Å². The van der Waals surface area contributed by atoms with E-state index in [2.05, 4.69) is 41.2 Å². The Bertz CT molecular complexity index is 656. The van der Waals surface area contributed by atoms with Crippen LogP contribution in [0.1, 0.15) is 68.2 Å². The Hall–Kier alpha value is -1.62. The van der Waals surface area contributed by atoms with Crippen molar-refractivity contribution >= 4 is 5.91 Å². The van der Waals surface area contributed by atoms with Crippen molar-refractivity contribution in [2.45, 2.75) is 59.4 Å². The van der Waals surface area contributed by atoms with Gasteiger partial charge in [-0.15, -0.1) is 0 Å². The lowest BCUT2D eigenvalue weighted by atomic mass is 9.71.